The van der Waals surface area contributed by atoms with Crippen molar-refractivity contribution in [1.82, 2.24) is 15.1 Å². The van der Waals surface area contributed by atoms with Gasteiger partial charge >= 0.3 is 0 Å². The van der Waals surface area contributed by atoms with E-state index in [4.69, 9.17) is 5.84 Å². The Kier molecular flexibility index (Phi) is 4.94. The number of anilines is 1. The fraction of sp³-hybridized carbons (Fsp3) is 0.500. The van der Waals surface area contributed by atoms with Crippen LogP contribution in [-0.2, 0) is 0 Å². The summed E-state index contributed by atoms with van der Waals surface area (Å²) in [4.78, 5) is 16.7. The number of rotatable bonds is 4. The molecule has 1 heterocycles. The molecule has 4 N–H and O–H groups in total. The molecule has 1 amide bonds. The Hall–Kier alpha value is -1.63. The predicted octanol–water partition coefficient (Wildman–Crippen LogP) is -0.0522. The molecule has 0 radical (unpaired) electrons. The number of amides is 1. The number of hydrogen-bond acceptors (Lipinski definition) is 5. The average molecular weight is 277 g/mol. The first-order valence-corrected chi connectivity index (χ1v) is 6.84. The molecule has 0 aliphatic carbocycles. The Morgan fingerprint density at radius 1 is 1.30 bits per heavy atom. The van der Waals surface area contributed by atoms with Crippen LogP contribution in [0.3, 0.4) is 0 Å². The molecule has 20 heavy (non-hydrogen) atoms. The van der Waals surface area contributed by atoms with Crippen LogP contribution in [0, 0.1) is 0 Å². The van der Waals surface area contributed by atoms with Crippen molar-refractivity contribution in [1.29, 1.82) is 0 Å². The first-order chi connectivity index (χ1) is 9.60. The van der Waals surface area contributed by atoms with E-state index in [0.29, 0.717) is 18.2 Å². The number of likely N-dealkylation sites (N-methyl/N-ethyl adjacent to an activating group) is 2. The SMILES string of the molecule is CN1CCN(C)C(CNC(=O)c2ccc(NN)cc2)C1. The molecule has 0 bridgehead atoms. The summed E-state index contributed by atoms with van der Waals surface area (Å²) in [6.45, 7) is 3.76. The largest absolute Gasteiger partial charge is 0.350 e. The number of nitrogens with two attached hydrogens (primary N) is 1. The van der Waals surface area contributed by atoms with Gasteiger partial charge in [0.15, 0.2) is 0 Å². The molecule has 0 saturated carbocycles. The maximum Gasteiger partial charge on any atom is 0.251 e. The summed E-state index contributed by atoms with van der Waals surface area (Å²) in [7, 11) is 4.21. The van der Waals surface area contributed by atoms with Crippen LogP contribution >= 0.6 is 0 Å². The molecule has 6 nitrogen and oxygen atoms in total. The van der Waals surface area contributed by atoms with E-state index < -0.39 is 0 Å². The van der Waals surface area contributed by atoms with Crippen LogP contribution in [0.1, 0.15) is 10.4 Å². The molecule has 0 aromatic heterocycles. The van der Waals surface area contributed by atoms with Gasteiger partial charge in [-0.05, 0) is 38.4 Å². The van der Waals surface area contributed by atoms with Crippen molar-refractivity contribution in [2.75, 3.05) is 45.7 Å². The van der Waals surface area contributed by atoms with E-state index in [9.17, 15) is 4.79 Å². The second kappa shape index (κ2) is 6.69. The quantitative estimate of drug-likeness (QED) is 0.531. The van der Waals surface area contributed by atoms with Gasteiger partial charge in [-0.15, -0.1) is 0 Å². The van der Waals surface area contributed by atoms with Gasteiger partial charge in [0.25, 0.3) is 5.91 Å². The topological polar surface area (TPSA) is 73.6 Å². The molecule has 2 rings (SSSR count). The van der Waals surface area contributed by atoms with Gasteiger partial charge in [-0.3, -0.25) is 15.5 Å². The van der Waals surface area contributed by atoms with Gasteiger partial charge in [-0.1, -0.05) is 0 Å². The van der Waals surface area contributed by atoms with Crippen LogP contribution in [0.4, 0.5) is 5.69 Å². The maximum atomic E-state index is 12.1. The number of carbonyl (C=O) groups excluding carboxylic acids is 1. The molecule has 1 saturated heterocycles. The molecule has 1 unspecified atom stereocenters. The highest BCUT2D eigenvalue weighted by atomic mass is 16.1. The van der Waals surface area contributed by atoms with E-state index in [1.54, 1.807) is 24.3 Å². The Labute approximate surface area is 119 Å². The molecule has 1 atom stereocenters. The number of nitrogen functional groups attached to an aromatic ring is 1. The van der Waals surface area contributed by atoms with Crippen molar-refractivity contribution in [3.8, 4) is 0 Å². The van der Waals surface area contributed by atoms with Crippen molar-refractivity contribution in [3.63, 3.8) is 0 Å². The van der Waals surface area contributed by atoms with Gasteiger partial charge in [0.05, 0.1) is 0 Å². The zero-order chi connectivity index (χ0) is 14.5. The summed E-state index contributed by atoms with van der Waals surface area (Å²) in [6, 6.07) is 7.47. The summed E-state index contributed by atoms with van der Waals surface area (Å²) in [5.74, 6) is 5.25. The van der Waals surface area contributed by atoms with Gasteiger partial charge in [0.2, 0.25) is 0 Å². The standard InChI is InChI=1S/C14H23N5O/c1-18-7-8-19(2)13(10-18)9-16-14(20)11-3-5-12(17-15)6-4-11/h3-6,13,17H,7-10,15H2,1-2H3,(H,16,20). The number of nitrogens with one attached hydrogen (secondary N) is 2. The third kappa shape index (κ3) is 3.69. The third-order valence-electron chi connectivity index (χ3n) is 3.79. The zero-order valence-electron chi connectivity index (χ0n) is 12.1. The van der Waals surface area contributed by atoms with E-state index in [0.717, 1.165) is 25.3 Å². The summed E-state index contributed by atoms with van der Waals surface area (Å²) in [5.41, 5.74) is 3.98. The fourth-order valence-corrected chi connectivity index (χ4v) is 2.35. The molecule has 110 valence electrons. The molecule has 1 aromatic carbocycles. The molecule has 1 aliphatic heterocycles. The van der Waals surface area contributed by atoms with Crippen LogP contribution in [-0.4, -0.2) is 62.0 Å². The second-order valence-electron chi connectivity index (χ2n) is 5.33. The lowest BCUT2D eigenvalue weighted by Gasteiger charge is -2.37. The molecule has 0 spiro atoms. The van der Waals surface area contributed by atoms with Gasteiger partial charge in [0.1, 0.15) is 0 Å². The highest BCUT2D eigenvalue weighted by molar-refractivity contribution is 5.94. The van der Waals surface area contributed by atoms with E-state index in [1.165, 1.54) is 0 Å². The van der Waals surface area contributed by atoms with Gasteiger partial charge in [-0.25, -0.2) is 0 Å². The third-order valence-corrected chi connectivity index (χ3v) is 3.79. The lowest BCUT2D eigenvalue weighted by atomic mass is 10.1. The minimum Gasteiger partial charge on any atom is -0.350 e. The maximum absolute atomic E-state index is 12.1. The normalized spacial score (nSPS) is 20.6. The number of piperazine rings is 1. The van der Waals surface area contributed by atoms with Crippen LogP contribution in [0.25, 0.3) is 0 Å². The highest BCUT2D eigenvalue weighted by Crippen LogP contribution is 2.09. The van der Waals surface area contributed by atoms with Crippen molar-refractivity contribution in [3.05, 3.63) is 29.8 Å². The Morgan fingerprint density at radius 2 is 2.00 bits per heavy atom. The first kappa shape index (κ1) is 14.8. The minimum atomic E-state index is -0.0461. The van der Waals surface area contributed by atoms with E-state index in [1.807, 2.05) is 0 Å². The van der Waals surface area contributed by atoms with Gasteiger partial charge in [0, 0.05) is 43.5 Å². The van der Waals surface area contributed by atoms with Crippen molar-refractivity contribution >= 4 is 11.6 Å². The predicted molar refractivity (Wildman–Crippen MR) is 80.5 cm³/mol. The Balaban J connectivity index is 1.87. The number of nitrogens with zero attached hydrogens (tertiary/aromatic N) is 2. The van der Waals surface area contributed by atoms with Gasteiger partial charge < -0.3 is 15.6 Å². The lowest BCUT2D eigenvalue weighted by Crippen LogP contribution is -2.54. The molecule has 1 fully saturated rings. The molecular weight excluding hydrogens is 254 g/mol. The molecular formula is C14H23N5O. The van der Waals surface area contributed by atoms with Crippen LogP contribution in [0.5, 0.6) is 0 Å². The number of carbonyl (C=O) groups is 1. The molecule has 6 heteroatoms. The Bertz CT molecular complexity index is 447. The number of hydrogen-bond donors (Lipinski definition) is 3. The smallest absolute Gasteiger partial charge is 0.251 e. The minimum absolute atomic E-state index is 0.0461. The Morgan fingerprint density at radius 3 is 2.65 bits per heavy atom. The van der Waals surface area contributed by atoms with E-state index in [2.05, 4.69) is 34.6 Å². The zero-order valence-corrected chi connectivity index (χ0v) is 12.1. The number of hydrazine groups is 1. The summed E-state index contributed by atoms with van der Waals surface area (Å²) >= 11 is 0. The highest BCUT2D eigenvalue weighted by Gasteiger charge is 2.22. The molecule has 1 aromatic rings. The fourth-order valence-electron chi connectivity index (χ4n) is 2.35. The van der Waals surface area contributed by atoms with E-state index >= 15 is 0 Å². The van der Waals surface area contributed by atoms with Crippen LogP contribution in [0.2, 0.25) is 0 Å². The first-order valence-electron chi connectivity index (χ1n) is 6.84. The summed E-state index contributed by atoms with van der Waals surface area (Å²) in [5, 5.41) is 3.00. The summed E-state index contributed by atoms with van der Waals surface area (Å²) < 4.78 is 0. The monoisotopic (exact) mass is 277 g/mol. The van der Waals surface area contributed by atoms with E-state index in [-0.39, 0.29) is 5.91 Å². The lowest BCUT2D eigenvalue weighted by molar-refractivity contribution is 0.0881. The average Bonchev–Trinajstić information content (AvgIpc) is 2.48. The van der Waals surface area contributed by atoms with Crippen molar-refractivity contribution < 1.29 is 4.79 Å². The number of benzene rings is 1. The van der Waals surface area contributed by atoms with Crippen molar-refractivity contribution in [2.24, 2.45) is 5.84 Å². The molecule has 1 aliphatic rings. The van der Waals surface area contributed by atoms with Crippen LogP contribution in [0.15, 0.2) is 24.3 Å². The van der Waals surface area contributed by atoms with Gasteiger partial charge in [-0.2, -0.15) is 0 Å². The van der Waals surface area contributed by atoms with Crippen molar-refractivity contribution in [2.45, 2.75) is 6.04 Å². The van der Waals surface area contributed by atoms with Crippen LogP contribution < -0.4 is 16.6 Å². The summed E-state index contributed by atoms with van der Waals surface area (Å²) in [6.07, 6.45) is 0. The second-order valence-corrected chi connectivity index (χ2v) is 5.33.